The van der Waals surface area contributed by atoms with E-state index < -0.39 is 0 Å². The third-order valence-corrected chi connectivity index (χ3v) is 2.71. The highest BCUT2D eigenvalue weighted by atomic mass is 16.5. The molecular weight excluding hydrogens is 186 g/mol. The van der Waals surface area contributed by atoms with Gasteiger partial charge >= 0.3 is 0 Å². The number of hydrogen-bond acceptors (Lipinski definition) is 2. The molecule has 2 nitrogen and oxygen atoms in total. The molecule has 0 heterocycles. The van der Waals surface area contributed by atoms with Crippen LogP contribution >= 0.6 is 0 Å². The maximum absolute atomic E-state index is 5.72. The molecule has 0 saturated carbocycles. The monoisotopic (exact) mass is 207 g/mol. The highest BCUT2D eigenvalue weighted by Gasteiger charge is 2.16. The predicted octanol–water partition coefficient (Wildman–Crippen LogP) is 2.53. The number of methoxy groups -OCH3 is 1. The molecule has 0 amide bonds. The molecule has 2 heteroatoms. The van der Waals surface area contributed by atoms with Gasteiger partial charge in [-0.15, -0.1) is 0 Å². The van der Waals surface area contributed by atoms with Crippen molar-refractivity contribution in [2.75, 3.05) is 13.7 Å². The van der Waals surface area contributed by atoms with Crippen LogP contribution in [-0.4, -0.2) is 13.7 Å². The van der Waals surface area contributed by atoms with E-state index in [4.69, 9.17) is 10.5 Å². The summed E-state index contributed by atoms with van der Waals surface area (Å²) in [6.45, 7) is 7.11. The molecule has 1 aromatic carbocycles. The van der Waals surface area contributed by atoms with Gasteiger partial charge in [-0.1, -0.05) is 26.0 Å². The first-order valence-electron chi connectivity index (χ1n) is 5.32. The van der Waals surface area contributed by atoms with Crippen LogP contribution in [0.2, 0.25) is 0 Å². The van der Waals surface area contributed by atoms with E-state index in [2.05, 4.69) is 39.0 Å². The molecule has 0 bridgehead atoms. The van der Waals surface area contributed by atoms with Crippen LogP contribution in [0.25, 0.3) is 0 Å². The molecule has 0 aliphatic carbocycles. The molecule has 0 atom stereocenters. The molecule has 2 N–H and O–H groups in total. The molecule has 0 radical (unpaired) electrons. The van der Waals surface area contributed by atoms with Gasteiger partial charge in [0.15, 0.2) is 0 Å². The minimum absolute atomic E-state index is 0.153. The van der Waals surface area contributed by atoms with E-state index in [1.54, 1.807) is 7.11 Å². The Balaban J connectivity index is 2.87. The topological polar surface area (TPSA) is 35.2 Å². The third kappa shape index (κ3) is 3.24. The number of nitrogens with two attached hydrogens (primary N) is 1. The van der Waals surface area contributed by atoms with Crippen molar-refractivity contribution in [3.05, 3.63) is 29.3 Å². The van der Waals surface area contributed by atoms with Crippen LogP contribution in [0.15, 0.2) is 18.2 Å². The Morgan fingerprint density at radius 1 is 1.33 bits per heavy atom. The molecule has 0 spiro atoms. The van der Waals surface area contributed by atoms with Crippen molar-refractivity contribution in [2.45, 2.75) is 27.2 Å². The normalized spacial score (nSPS) is 11.5. The SMILES string of the molecule is COc1cc(CC(C)(C)CN)ccc1C. The zero-order valence-corrected chi connectivity index (χ0v) is 10.1. The Bertz CT molecular complexity index is 331. The number of aryl methyl sites for hydroxylation is 1. The van der Waals surface area contributed by atoms with E-state index in [0.717, 1.165) is 12.2 Å². The van der Waals surface area contributed by atoms with Crippen molar-refractivity contribution in [3.63, 3.8) is 0 Å². The molecule has 15 heavy (non-hydrogen) atoms. The Morgan fingerprint density at radius 3 is 2.53 bits per heavy atom. The summed E-state index contributed by atoms with van der Waals surface area (Å²) >= 11 is 0. The van der Waals surface area contributed by atoms with E-state index in [1.807, 2.05) is 0 Å². The second kappa shape index (κ2) is 4.67. The Kier molecular flexibility index (Phi) is 3.75. The average molecular weight is 207 g/mol. The maximum atomic E-state index is 5.72. The summed E-state index contributed by atoms with van der Waals surface area (Å²) in [7, 11) is 1.71. The van der Waals surface area contributed by atoms with Gasteiger partial charge < -0.3 is 10.5 Å². The number of rotatable bonds is 4. The number of benzene rings is 1. The summed E-state index contributed by atoms with van der Waals surface area (Å²) in [4.78, 5) is 0. The molecule has 1 aromatic rings. The van der Waals surface area contributed by atoms with Crippen LogP contribution in [0.1, 0.15) is 25.0 Å². The zero-order valence-electron chi connectivity index (χ0n) is 10.1. The lowest BCUT2D eigenvalue weighted by Gasteiger charge is -2.22. The van der Waals surface area contributed by atoms with Gasteiger partial charge in [0.2, 0.25) is 0 Å². The van der Waals surface area contributed by atoms with Gasteiger partial charge in [-0.25, -0.2) is 0 Å². The van der Waals surface area contributed by atoms with E-state index in [-0.39, 0.29) is 5.41 Å². The molecule has 84 valence electrons. The lowest BCUT2D eigenvalue weighted by molar-refractivity contribution is 0.374. The summed E-state index contributed by atoms with van der Waals surface area (Å²) in [5, 5.41) is 0. The van der Waals surface area contributed by atoms with E-state index in [0.29, 0.717) is 6.54 Å². The fraction of sp³-hybridized carbons (Fsp3) is 0.538. The van der Waals surface area contributed by atoms with Crippen LogP contribution in [0.3, 0.4) is 0 Å². The van der Waals surface area contributed by atoms with Crippen molar-refractivity contribution in [1.29, 1.82) is 0 Å². The summed E-state index contributed by atoms with van der Waals surface area (Å²) in [6, 6.07) is 6.35. The second-order valence-corrected chi connectivity index (χ2v) is 4.85. The van der Waals surface area contributed by atoms with Crippen LogP contribution in [0.4, 0.5) is 0 Å². The standard InChI is InChI=1S/C13H21NO/c1-10-5-6-11(7-12(10)15-4)8-13(2,3)9-14/h5-7H,8-9,14H2,1-4H3. The third-order valence-electron chi connectivity index (χ3n) is 2.71. The van der Waals surface area contributed by atoms with Crippen molar-refractivity contribution in [3.8, 4) is 5.75 Å². The Hall–Kier alpha value is -1.02. The van der Waals surface area contributed by atoms with Crippen molar-refractivity contribution < 1.29 is 4.74 Å². The Labute approximate surface area is 92.4 Å². The smallest absolute Gasteiger partial charge is 0.122 e. The van der Waals surface area contributed by atoms with Gasteiger partial charge in [-0.3, -0.25) is 0 Å². The lowest BCUT2D eigenvalue weighted by atomic mass is 9.86. The summed E-state index contributed by atoms with van der Waals surface area (Å²) in [5.41, 5.74) is 8.33. The van der Waals surface area contributed by atoms with Crippen LogP contribution < -0.4 is 10.5 Å². The van der Waals surface area contributed by atoms with Crippen LogP contribution in [0.5, 0.6) is 5.75 Å². The van der Waals surface area contributed by atoms with Crippen LogP contribution in [-0.2, 0) is 6.42 Å². The first-order chi connectivity index (χ1) is 6.98. The van der Waals surface area contributed by atoms with Gasteiger partial charge in [-0.05, 0) is 42.5 Å². The van der Waals surface area contributed by atoms with E-state index in [1.165, 1.54) is 11.1 Å². The van der Waals surface area contributed by atoms with Crippen molar-refractivity contribution in [2.24, 2.45) is 11.1 Å². The van der Waals surface area contributed by atoms with Gasteiger partial charge in [0.1, 0.15) is 5.75 Å². The van der Waals surface area contributed by atoms with Gasteiger partial charge in [0.05, 0.1) is 7.11 Å². The predicted molar refractivity (Wildman–Crippen MR) is 64.3 cm³/mol. The molecule has 0 aliphatic heterocycles. The van der Waals surface area contributed by atoms with Gasteiger partial charge in [0.25, 0.3) is 0 Å². The average Bonchev–Trinajstić information content (AvgIpc) is 2.20. The molecule has 0 fully saturated rings. The van der Waals surface area contributed by atoms with E-state index in [9.17, 15) is 0 Å². The molecule has 0 aliphatic rings. The molecule has 1 rings (SSSR count). The first kappa shape index (κ1) is 12.1. The quantitative estimate of drug-likeness (QED) is 0.823. The number of ether oxygens (including phenoxy) is 1. The Morgan fingerprint density at radius 2 is 2.00 bits per heavy atom. The molecule has 0 unspecified atom stereocenters. The second-order valence-electron chi connectivity index (χ2n) is 4.85. The largest absolute Gasteiger partial charge is 0.496 e. The lowest BCUT2D eigenvalue weighted by Crippen LogP contribution is -2.25. The van der Waals surface area contributed by atoms with Gasteiger partial charge in [0, 0.05) is 0 Å². The van der Waals surface area contributed by atoms with Crippen molar-refractivity contribution >= 4 is 0 Å². The fourth-order valence-electron chi connectivity index (χ4n) is 1.60. The van der Waals surface area contributed by atoms with Crippen molar-refractivity contribution in [1.82, 2.24) is 0 Å². The minimum Gasteiger partial charge on any atom is -0.496 e. The zero-order chi connectivity index (χ0) is 11.5. The maximum Gasteiger partial charge on any atom is 0.122 e. The van der Waals surface area contributed by atoms with Crippen LogP contribution in [0, 0.1) is 12.3 Å². The number of hydrogen-bond donors (Lipinski definition) is 1. The molecular formula is C13H21NO. The van der Waals surface area contributed by atoms with Gasteiger partial charge in [-0.2, -0.15) is 0 Å². The summed E-state index contributed by atoms with van der Waals surface area (Å²) in [5.74, 6) is 0.959. The summed E-state index contributed by atoms with van der Waals surface area (Å²) < 4.78 is 5.30. The fourth-order valence-corrected chi connectivity index (χ4v) is 1.60. The minimum atomic E-state index is 0.153. The summed E-state index contributed by atoms with van der Waals surface area (Å²) in [6.07, 6.45) is 0.986. The highest BCUT2D eigenvalue weighted by Crippen LogP contribution is 2.25. The molecule has 0 saturated heterocycles. The first-order valence-corrected chi connectivity index (χ1v) is 5.32. The highest BCUT2D eigenvalue weighted by molar-refractivity contribution is 5.36. The van der Waals surface area contributed by atoms with E-state index >= 15 is 0 Å². The molecule has 0 aromatic heterocycles.